The number of aromatic nitrogens is 2. The highest BCUT2D eigenvalue weighted by molar-refractivity contribution is 7.08. The van der Waals surface area contributed by atoms with Crippen LogP contribution in [-0.4, -0.2) is 34.8 Å². The molecular weight excluding hydrogens is 384 g/mol. The number of piperazine rings is 1. The number of anilines is 1. The first-order chi connectivity index (χ1) is 14.2. The van der Waals surface area contributed by atoms with Crippen LogP contribution >= 0.6 is 11.3 Å². The number of nitriles is 1. The minimum Gasteiger partial charge on any atom is -0.365 e. The lowest BCUT2D eigenvalue weighted by molar-refractivity contribution is 0.0947. The molecule has 1 aliphatic rings. The standard InChI is InChI=1S/C21H22N6OS/c1-14-18(24-9-8-23-14)19-17(11-22)20(25-12-15-5-3-2-4-6-15)27(26-19)21(28)16-7-10-29-13-16/h2-7,10,13-14,18,23-25H,8-9,12H2,1H3. The fourth-order valence-electron chi connectivity index (χ4n) is 3.52. The Hall–Kier alpha value is -2.99. The van der Waals surface area contributed by atoms with E-state index in [-0.39, 0.29) is 18.0 Å². The van der Waals surface area contributed by atoms with Crippen LogP contribution in [0.4, 0.5) is 5.82 Å². The van der Waals surface area contributed by atoms with Gasteiger partial charge in [0.1, 0.15) is 17.3 Å². The Balaban J connectivity index is 1.75. The summed E-state index contributed by atoms with van der Waals surface area (Å²) in [4.78, 5) is 13.1. The maximum absolute atomic E-state index is 13.1. The third kappa shape index (κ3) is 3.93. The largest absolute Gasteiger partial charge is 0.365 e. The van der Waals surface area contributed by atoms with Crippen LogP contribution in [0.2, 0.25) is 0 Å². The van der Waals surface area contributed by atoms with Crippen molar-refractivity contribution in [3.05, 3.63) is 69.5 Å². The van der Waals surface area contributed by atoms with Crippen molar-refractivity contribution >= 4 is 23.1 Å². The van der Waals surface area contributed by atoms with E-state index in [0.29, 0.717) is 29.2 Å². The predicted molar refractivity (Wildman–Crippen MR) is 113 cm³/mol. The normalized spacial score (nSPS) is 18.9. The first kappa shape index (κ1) is 19.3. The third-order valence-electron chi connectivity index (χ3n) is 5.04. The van der Waals surface area contributed by atoms with Crippen molar-refractivity contribution < 1.29 is 4.79 Å². The van der Waals surface area contributed by atoms with Crippen LogP contribution in [0.15, 0.2) is 47.2 Å². The molecule has 2 atom stereocenters. The van der Waals surface area contributed by atoms with Gasteiger partial charge in [-0.3, -0.25) is 4.79 Å². The molecule has 0 aliphatic carbocycles. The van der Waals surface area contributed by atoms with Crippen molar-refractivity contribution in [1.82, 2.24) is 20.4 Å². The maximum atomic E-state index is 13.1. The summed E-state index contributed by atoms with van der Waals surface area (Å²) in [5.74, 6) is 0.183. The van der Waals surface area contributed by atoms with E-state index in [1.54, 1.807) is 11.4 Å². The zero-order chi connectivity index (χ0) is 20.2. The molecule has 0 bridgehead atoms. The van der Waals surface area contributed by atoms with E-state index in [1.807, 2.05) is 35.7 Å². The molecule has 1 aliphatic heterocycles. The Labute approximate surface area is 173 Å². The molecule has 0 amide bonds. The molecule has 7 nitrogen and oxygen atoms in total. The zero-order valence-electron chi connectivity index (χ0n) is 16.1. The molecular formula is C21H22N6OS. The topological polar surface area (TPSA) is 94.8 Å². The van der Waals surface area contributed by atoms with Gasteiger partial charge < -0.3 is 16.0 Å². The molecule has 1 aromatic carbocycles. The number of hydrogen-bond donors (Lipinski definition) is 3. The second kappa shape index (κ2) is 8.57. The van der Waals surface area contributed by atoms with Gasteiger partial charge in [-0.2, -0.15) is 26.4 Å². The third-order valence-corrected chi connectivity index (χ3v) is 5.72. The van der Waals surface area contributed by atoms with Crippen LogP contribution in [0.5, 0.6) is 0 Å². The molecule has 148 valence electrons. The van der Waals surface area contributed by atoms with Gasteiger partial charge in [0.15, 0.2) is 5.82 Å². The molecule has 3 N–H and O–H groups in total. The summed E-state index contributed by atoms with van der Waals surface area (Å²) < 4.78 is 1.34. The minimum atomic E-state index is -0.249. The van der Waals surface area contributed by atoms with Gasteiger partial charge >= 0.3 is 0 Å². The first-order valence-electron chi connectivity index (χ1n) is 9.53. The van der Waals surface area contributed by atoms with Crippen LogP contribution in [0, 0.1) is 11.3 Å². The lowest BCUT2D eigenvalue weighted by atomic mass is 10.0. The molecule has 0 saturated carbocycles. The summed E-state index contributed by atoms with van der Waals surface area (Å²) in [5.41, 5.74) is 2.60. The quantitative estimate of drug-likeness (QED) is 0.603. The lowest BCUT2D eigenvalue weighted by Gasteiger charge is -2.30. The number of nitrogens with one attached hydrogen (secondary N) is 3. The van der Waals surface area contributed by atoms with E-state index in [4.69, 9.17) is 0 Å². The summed E-state index contributed by atoms with van der Waals surface area (Å²) in [7, 11) is 0. The molecule has 1 saturated heterocycles. The molecule has 29 heavy (non-hydrogen) atoms. The molecule has 3 aromatic rings. The van der Waals surface area contributed by atoms with Gasteiger partial charge in [0.05, 0.1) is 11.6 Å². The highest BCUT2D eigenvalue weighted by Gasteiger charge is 2.31. The number of rotatable bonds is 5. The Kier molecular flexibility index (Phi) is 5.71. The number of carbonyl (C=O) groups is 1. The number of benzene rings is 1. The second-order valence-corrected chi connectivity index (χ2v) is 7.74. The second-order valence-electron chi connectivity index (χ2n) is 6.96. The van der Waals surface area contributed by atoms with Crippen molar-refractivity contribution in [2.75, 3.05) is 18.4 Å². The smallest absolute Gasteiger partial charge is 0.280 e. The summed E-state index contributed by atoms with van der Waals surface area (Å²) in [6.45, 7) is 4.17. The first-order valence-corrected chi connectivity index (χ1v) is 10.5. The van der Waals surface area contributed by atoms with Crippen molar-refractivity contribution in [3.8, 4) is 6.07 Å². The van der Waals surface area contributed by atoms with Crippen LogP contribution in [0.1, 0.15) is 40.1 Å². The highest BCUT2D eigenvalue weighted by atomic mass is 32.1. The van der Waals surface area contributed by atoms with Gasteiger partial charge in [-0.25, -0.2) is 0 Å². The Morgan fingerprint density at radius 3 is 2.79 bits per heavy atom. The summed E-state index contributed by atoms with van der Waals surface area (Å²) in [6.07, 6.45) is 0. The Bertz CT molecular complexity index is 1020. The molecule has 1 fully saturated rings. The number of nitrogens with zero attached hydrogens (tertiary/aromatic N) is 3. The summed E-state index contributed by atoms with van der Waals surface area (Å²) >= 11 is 1.45. The Morgan fingerprint density at radius 2 is 2.10 bits per heavy atom. The number of carbonyl (C=O) groups excluding carboxylic acids is 1. The number of thiophene rings is 1. The average Bonchev–Trinajstić information content (AvgIpc) is 3.41. The minimum absolute atomic E-state index is 0.0948. The van der Waals surface area contributed by atoms with Crippen LogP contribution in [0.3, 0.4) is 0 Å². The van der Waals surface area contributed by atoms with E-state index < -0.39 is 0 Å². The monoisotopic (exact) mass is 406 g/mol. The van der Waals surface area contributed by atoms with Gasteiger partial charge in [-0.1, -0.05) is 30.3 Å². The van der Waals surface area contributed by atoms with Crippen molar-refractivity contribution in [2.24, 2.45) is 0 Å². The van der Waals surface area contributed by atoms with Crippen LogP contribution < -0.4 is 16.0 Å². The fourth-order valence-corrected chi connectivity index (χ4v) is 4.15. The molecule has 2 unspecified atom stereocenters. The van der Waals surface area contributed by atoms with Gasteiger partial charge in [-0.05, 0) is 23.9 Å². The Morgan fingerprint density at radius 1 is 1.31 bits per heavy atom. The molecule has 0 radical (unpaired) electrons. The summed E-state index contributed by atoms with van der Waals surface area (Å²) in [5, 5.41) is 28.3. The van der Waals surface area contributed by atoms with E-state index in [2.05, 4.69) is 34.0 Å². The predicted octanol–water partition coefficient (Wildman–Crippen LogP) is 2.74. The average molecular weight is 407 g/mol. The molecule has 4 rings (SSSR count). The number of hydrogen-bond acceptors (Lipinski definition) is 7. The highest BCUT2D eigenvalue weighted by Crippen LogP contribution is 2.28. The van der Waals surface area contributed by atoms with Crippen molar-refractivity contribution in [2.45, 2.75) is 25.6 Å². The van der Waals surface area contributed by atoms with E-state index in [9.17, 15) is 10.1 Å². The van der Waals surface area contributed by atoms with E-state index in [1.165, 1.54) is 16.0 Å². The van der Waals surface area contributed by atoms with Crippen LogP contribution in [-0.2, 0) is 6.54 Å². The lowest BCUT2D eigenvalue weighted by Crippen LogP contribution is -2.49. The molecule has 0 spiro atoms. The zero-order valence-corrected chi connectivity index (χ0v) is 16.9. The van der Waals surface area contributed by atoms with Gasteiger partial charge in [0, 0.05) is 31.1 Å². The summed E-state index contributed by atoms with van der Waals surface area (Å²) in [6, 6.07) is 13.9. The van der Waals surface area contributed by atoms with Crippen molar-refractivity contribution in [3.63, 3.8) is 0 Å². The molecule has 2 aromatic heterocycles. The van der Waals surface area contributed by atoms with E-state index in [0.717, 1.165) is 18.7 Å². The van der Waals surface area contributed by atoms with Gasteiger partial charge in [0.2, 0.25) is 0 Å². The SMILES string of the molecule is CC1NCCNC1c1nn(C(=O)c2ccsc2)c(NCc2ccccc2)c1C#N. The maximum Gasteiger partial charge on any atom is 0.280 e. The molecule has 8 heteroatoms. The fraction of sp³-hybridized carbons (Fsp3) is 0.286. The van der Waals surface area contributed by atoms with Crippen molar-refractivity contribution in [1.29, 1.82) is 5.26 Å². The van der Waals surface area contributed by atoms with Gasteiger partial charge in [0.25, 0.3) is 5.91 Å². The molecule has 3 heterocycles. The van der Waals surface area contributed by atoms with E-state index >= 15 is 0 Å². The van der Waals surface area contributed by atoms with Crippen LogP contribution in [0.25, 0.3) is 0 Å². The van der Waals surface area contributed by atoms with Gasteiger partial charge in [-0.15, -0.1) is 0 Å².